The van der Waals surface area contributed by atoms with Crippen LogP contribution in [0.3, 0.4) is 0 Å². The Hall–Kier alpha value is -1.26. The number of hydrogen-bond donors (Lipinski definition) is 0. The van der Waals surface area contributed by atoms with Gasteiger partial charge in [0, 0.05) is 6.21 Å². The summed E-state index contributed by atoms with van der Waals surface area (Å²) in [6.07, 6.45) is -2.37. The Labute approximate surface area is 74.4 Å². The van der Waals surface area contributed by atoms with E-state index in [2.05, 4.69) is 16.3 Å². The fraction of sp³-hybridized carbons (Fsp3) is 0.375. The van der Waals surface area contributed by atoms with E-state index in [4.69, 9.17) is 0 Å². The molecular formula is C8H10F3NO. The molecule has 0 fully saturated rings. The average Bonchev–Trinajstić information content (AvgIpc) is 2.04. The lowest BCUT2D eigenvalue weighted by atomic mass is 10.3. The van der Waals surface area contributed by atoms with Gasteiger partial charge >= 0.3 is 6.18 Å². The first-order valence-corrected chi connectivity index (χ1v) is 3.42. The summed E-state index contributed by atoms with van der Waals surface area (Å²) in [5.41, 5.74) is -1.01. The number of alkyl halides is 3. The molecule has 0 aliphatic heterocycles. The average molecular weight is 193 g/mol. The molecule has 0 aromatic heterocycles. The first-order valence-electron chi connectivity index (χ1n) is 3.42. The summed E-state index contributed by atoms with van der Waals surface area (Å²) in [7, 11) is 1.32. The summed E-state index contributed by atoms with van der Waals surface area (Å²) >= 11 is 0. The molecule has 0 radical (unpaired) electrons. The van der Waals surface area contributed by atoms with Crippen molar-refractivity contribution in [3.63, 3.8) is 0 Å². The van der Waals surface area contributed by atoms with Crippen molar-refractivity contribution < 1.29 is 17.9 Å². The van der Waals surface area contributed by atoms with Crippen molar-refractivity contribution >= 4 is 6.21 Å². The number of methoxy groups -OCH3 is 1. The van der Waals surface area contributed by atoms with Crippen LogP contribution in [0.2, 0.25) is 0 Å². The lowest BCUT2D eigenvalue weighted by molar-refractivity contribution is -0.0852. The smallest absolute Gasteiger partial charge is 0.417 e. The topological polar surface area (TPSA) is 21.6 Å². The Morgan fingerprint density at radius 1 is 1.46 bits per heavy atom. The van der Waals surface area contributed by atoms with Gasteiger partial charge in [-0.1, -0.05) is 6.58 Å². The minimum Gasteiger partial charge on any atom is -0.481 e. The van der Waals surface area contributed by atoms with Crippen molar-refractivity contribution in [2.45, 2.75) is 13.1 Å². The van der Waals surface area contributed by atoms with E-state index >= 15 is 0 Å². The molecule has 13 heavy (non-hydrogen) atoms. The van der Waals surface area contributed by atoms with Crippen LogP contribution in [0.1, 0.15) is 6.92 Å². The van der Waals surface area contributed by atoms with Gasteiger partial charge < -0.3 is 4.74 Å². The Kier molecular flexibility index (Phi) is 4.23. The molecule has 0 bridgehead atoms. The van der Waals surface area contributed by atoms with Crippen LogP contribution in [-0.2, 0) is 4.74 Å². The zero-order valence-corrected chi connectivity index (χ0v) is 7.35. The van der Waals surface area contributed by atoms with Crippen molar-refractivity contribution in [1.82, 2.24) is 0 Å². The fourth-order valence-corrected chi connectivity index (χ4v) is 0.460. The molecule has 0 aromatic carbocycles. The maximum Gasteiger partial charge on any atom is 0.417 e. The van der Waals surface area contributed by atoms with E-state index < -0.39 is 11.7 Å². The van der Waals surface area contributed by atoms with Crippen molar-refractivity contribution in [2.75, 3.05) is 7.11 Å². The van der Waals surface area contributed by atoms with Gasteiger partial charge in [-0.05, 0) is 13.0 Å². The summed E-state index contributed by atoms with van der Waals surface area (Å²) < 4.78 is 40.2. The molecule has 0 spiro atoms. The summed E-state index contributed by atoms with van der Waals surface area (Å²) in [6.45, 7) is 4.41. The van der Waals surface area contributed by atoms with Crippen LogP contribution in [-0.4, -0.2) is 19.5 Å². The second-order valence-electron chi connectivity index (χ2n) is 2.11. The van der Waals surface area contributed by atoms with E-state index in [-0.39, 0.29) is 5.88 Å². The van der Waals surface area contributed by atoms with E-state index in [1.165, 1.54) is 13.2 Å². The molecular weight excluding hydrogens is 183 g/mol. The fourth-order valence-electron chi connectivity index (χ4n) is 0.460. The summed E-state index contributed by atoms with van der Waals surface area (Å²) in [4.78, 5) is 3.42. The molecule has 0 rings (SSSR count). The van der Waals surface area contributed by atoms with Crippen molar-refractivity contribution in [3.8, 4) is 0 Å². The molecule has 0 atom stereocenters. The molecule has 0 aliphatic carbocycles. The number of halogens is 3. The van der Waals surface area contributed by atoms with Crippen LogP contribution in [0.4, 0.5) is 13.2 Å². The zero-order chi connectivity index (χ0) is 10.5. The van der Waals surface area contributed by atoms with Crippen molar-refractivity contribution in [1.29, 1.82) is 0 Å². The molecule has 74 valence electrons. The van der Waals surface area contributed by atoms with Crippen molar-refractivity contribution in [3.05, 3.63) is 24.1 Å². The van der Waals surface area contributed by atoms with Crippen LogP contribution in [0.25, 0.3) is 0 Å². The van der Waals surface area contributed by atoms with E-state index in [0.717, 1.165) is 0 Å². The summed E-state index contributed by atoms with van der Waals surface area (Å²) in [6, 6.07) is 0. The number of nitrogens with zero attached hydrogens (tertiary/aromatic N) is 1. The second kappa shape index (κ2) is 4.69. The number of ether oxygens (including phenoxy) is 1. The van der Waals surface area contributed by atoms with Gasteiger partial charge in [-0.3, -0.25) is 0 Å². The first kappa shape index (κ1) is 11.7. The highest BCUT2D eigenvalue weighted by atomic mass is 19.4. The summed E-state index contributed by atoms with van der Waals surface area (Å²) in [5, 5.41) is 0. The lowest BCUT2D eigenvalue weighted by Crippen LogP contribution is -2.11. The highest BCUT2D eigenvalue weighted by Crippen LogP contribution is 2.22. The lowest BCUT2D eigenvalue weighted by Gasteiger charge is -2.04. The van der Waals surface area contributed by atoms with Crippen LogP contribution in [0.5, 0.6) is 0 Å². The van der Waals surface area contributed by atoms with Gasteiger partial charge in [0.15, 0.2) is 0 Å². The van der Waals surface area contributed by atoms with Crippen LogP contribution >= 0.6 is 0 Å². The predicted octanol–water partition coefficient (Wildman–Crippen LogP) is 2.68. The molecule has 0 saturated carbocycles. The third-order valence-corrected chi connectivity index (χ3v) is 1.17. The Balaban J connectivity index is 4.37. The van der Waals surface area contributed by atoms with Gasteiger partial charge in [-0.2, -0.15) is 13.2 Å². The van der Waals surface area contributed by atoms with E-state index in [0.29, 0.717) is 6.21 Å². The summed E-state index contributed by atoms with van der Waals surface area (Å²) in [5.74, 6) is 0.116. The predicted molar refractivity (Wildman–Crippen MR) is 44.5 cm³/mol. The molecule has 0 amide bonds. The van der Waals surface area contributed by atoms with E-state index in [1.807, 2.05) is 0 Å². The van der Waals surface area contributed by atoms with Crippen LogP contribution in [0.15, 0.2) is 29.1 Å². The minimum atomic E-state index is -4.43. The van der Waals surface area contributed by atoms with Gasteiger partial charge in [0.25, 0.3) is 0 Å². The molecule has 5 heteroatoms. The standard InChI is InChI=1S/C8H10F3NO/c1-4-7(13-3)12-5-6(2)8(9,10)11/h4-5H,2H2,1,3H3/b7-4+,12-5-. The zero-order valence-electron chi connectivity index (χ0n) is 7.35. The largest absolute Gasteiger partial charge is 0.481 e. The highest BCUT2D eigenvalue weighted by molar-refractivity contribution is 5.79. The Morgan fingerprint density at radius 2 is 2.00 bits per heavy atom. The molecule has 0 aromatic rings. The molecule has 0 unspecified atom stereocenters. The van der Waals surface area contributed by atoms with Crippen LogP contribution < -0.4 is 0 Å². The third-order valence-electron chi connectivity index (χ3n) is 1.17. The van der Waals surface area contributed by atoms with E-state index in [9.17, 15) is 13.2 Å². The monoisotopic (exact) mass is 193 g/mol. The Morgan fingerprint density at radius 3 is 2.31 bits per heavy atom. The number of hydrogen-bond acceptors (Lipinski definition) is 2. The quantitative estimate of drug-likeness (QED) is 0.498. The van der Waals surface area contributed by atoms with Gasteiger partial charge in [0.2, 0.25) is 5.88 Å². The molecule has 0 heterocycles. The van der Waals surface area contributed by atoms with Crippen LogP contribution in [0, 0.1) is 0 Å². The number of allylic oxidation sites excluding steroid dienone is 2. The SMILES string of the molecule is C=C(/C=N\C(=C/C)OC)C(F)(F)F. The van der Waals surface area contributed by atoms with Gasteiger partial charge in [0.1, 0.15) is 0 Å². The molecule has 2 nitrogen and oxygen atoms in total. The molecule has 0 N–H and O–H groups in total. The van der Waals surface area contributed by atoms with Gasteiger partial charge in [0.05, 0.1) is 12.7 Å². The highest BCUT2D eigenvalue weighted by Gasteiger charge is 2.30. The maximum absolute atomic E-state index is 11.9. The first-order chi connectivity index (χ1) is 5.91. The molecule has 0 saturated heterocycles. The van der Waals surface area contributed by atoms with Crippen molar-refractivity contribution in [2.24, 2.45) is 4.99 Å². The normalized spacial score (nSPS) is 13.5. The second-order valence-corrected chi connectivity index (χ2v) is 2.11. The third kappa shape index (κ3) is 4.35. The number of aliphatic imine (C=N–C) groups is 1. The Bertz CT molecular complexity index is 240. The number of rotatable bonds is 3. The van der Waals surface area contributed by atoms with Gasteiger partial charge in [-0.25, -0.2) is 4.99 Å². The molecule has 0 aliphatic rings. The minimum absolute atomic E-state index is 0.116. The van der Waals surface area contributed by atoms with Gasteiger partial charge in [-0.15, -0.1) is 0 Å². The van der Waals surface area contributed by atoms with E-state index in [1.54, 1.807) is 6.92 Å². The maximum atomic E-state index is 11.9.